The molecule has 2 aromatic rings. The molecule has 1 N–H and O–H groups in total. The Kier molecular flexibility index (Phi) is 4.71. The zero-order valence-electron chi connectivity index (χ0n) is 12.9. The molecule has 0 bridgehead atoms. The number of amides is 1. The van der Waals surface area contributed by atoms with Crippen LogP contribution in [0, 0.1) is 5.82 Å². The molecule has 0 saturated heterocycles. The summed E-state index contributed by atoms with van der Waals surface area (Å²) in [6, 6.07) is 13.3. The molecule has 4 heteroatoms. The zero-order valence-corrected chi connectivity index (χ0v) is 12.9. The molecule has 0 spiro atoms. The highest BCUT2D eigenvalue weighted by Crippen LogP contribution is 2.21. The number of hydrogen-bond acceptors (Lipinski definition) is 2. The van der Waals surface area contributed by atoms with Gasteiger partial charge in [-0.2, -0.15) is 5.10 Å². The Morgan fingerprint density at radius 3 is 2.18 bits per heavy atom. The second kappa shape index (κ2) is 6.52. The summed E-state index contributed by atoms with van der Waals surface area (Å²) in [6.45, 7) is 6.46. The molecule has 0 unspecified atom stereocenters. The van der Waals surface area contributed by atoms with Crippen molar-refractivity contribution in [1.29, 1.82) is 0 Å². The highest BCUT2D eigenvalue weighted by atomic mass is 19.1. The topological polar surface area (TPSA) is 41.5 Å². The van der Waals surface area contributed by atoms with Gasteiger partial charge >= 0.3 is 0 Å². The van der Waals surface area contributed by atoms with Crippen LogP contribution in [0.4, 0.5) is 4.39 Å². The van der Waals surface area contributed by atoms with Gasteiger partial charge in [0.2, 0.25) is 0 Å². The van der Waals surface area contributed by atoms with Crippen LogP contribution in [0.5, 0.6) is 0 Å². The van der Waals surface area contributed by atoms with E-state index in [1.165, 1.54) is 29.8 Å². The predicted octanol–water partition coefficient (Wildman–Crippen LogP) is 3.89. The normalized spacial score (nSPS) is 11.6. The summed E-state index contributed by atoms with van der Waals surface area (Å²) in [5, 5.41) is 3.91. The van der Waals surface area contributed by atoms with Crippen molar-refractivity contribution in [2.24, 2.45) is 5.10 Å². The maximum atomic E-state index is 12.8. The van der Waals surface area contributed by atoms with Gasteiger partial charge in [0, 0.05) is 5.56 Å². The van der Waals surface area contributed by atoms with Crippen molar-refractivity contribution in [2.45, 2.75) is 26.2 Å². The minimum atomic E-state index is -0.376. The average molecular weight is 298 g/mol. The first-order chi connectivity index (χ1) is 10.4. The summed E-state index contributed by atoms with van der Waals surface area (Å²) in [5.41, 5.74) is 5.02. The van der Waals surface area contributed by atoms with Gasteiger partial charge in [0.15, 0.2) is 0 Å². The fraction of sp³-hybridized carbons (Fsp3) is 0.222. The van der Waals surface area contributed by atoms with Crippen LogP contribution in [-0.2, 0) is 5.41 Å². The monoisotopic (exact) mass is 298 g/mol. The fourth-order valence-corrected chi connectivity index (χ4v) is 1.90. The van der Waals surface area contributed by atoms with Gasteiger partial charge in [0.25, 0.3) is 5.91 Å². The SMILES string of the molecule is CC(C)(C)c1ccc(C=NNC(=O)c2ccc(F)cc2)cc1. The van der Waals surface area contributed by atoms with Crippen molar-refractivity contribution < 1.29 is 9.18 Å². The van der Waals surface area contributed by atoms with Crippen LogP contribution in [0.25, 0.3) is 0 Å². The van der Waals surface area contributed by atoms with E-state index in [4.69, 9.17) is 0 Å². The summed E-state index contributed by atoms with van der Waals surface area (Å²) in [5.74, 6) is -0.749. The first-order valence-corrected chi connectivity index (χ1v) is 7.06. The van der Waals surface area contributed by atoms with Crippen molar-refractivity contribution >= 4 is 12.1 Å². The molecule has 0 aliphatic heterocycles. The Hall–Kier alpha value is -2.49. The van der Waals surface area contributed by atoms with E-state index in [9.17, 15) is 9.18 Å². The zero-order chi connectivity index (χ0) is 16.2. The van der Waals surface area contributed by atoms with Gasteiger partial charge in [0.1, 0.15) is 5.82 Å². The molecule has 114 valence electrons. The molecule has 0 aliphatic carbocycles. The molecule has 0 aromatic heterocycles. The summed E-state index contributed by atoms with van der Waals surface area (Å²) >= 11 is 0. The molecule has 0 fully saturated rings. The molecular weight excluding hydrogens is 279 g/mol. The van der Waals surface area contributed by atoms with Gasteiger partial charge in [-0.25, -0.2) is 9.82 Å². The van der Waals surface area contributed by atoms with E-state index in [-0.39, 0.29) is 17.1 Å². The van der Waals surface area contributed by atoms with E-state index in [0.29, 0.717) is 5.56 Å². The maximum Gasteiger partial charge on any atom is 0.271 e. The Morgan fingerprint density at radius 2 is 1.64 bits per heavy atom. The summed E-state index contributed by atoms with van der Waals surface area (Å²) < 4.78 is 12.8. The van der Waals surface area contributed by atoms with Gasteiger partial charge in [-0.3, -0.25) is 4.79 Å². The molecule has 2 aromatic carbocycles. The highest BCUT2D eigenvalue weighted by Gasteiger charge is 2.12. The largest absolute Gasteiger partial charge is 0.271 e. The fourth-order valence-electron chi connectivity index (χ4n) is 1.90. The molecule has 0 radical (unpaired) electrons. The average Bonchev–Trinajstić information content (AvgIpc) is 2.47. The Morgan fingerprint density at radius 1 is 1.05 bits per heavy atom. The third kappa shape index (κ3) is 4.25. The number of benzene rings is 2. The minimum Gasteiger partial charge on any atom is -0.267 e. The molecule has 0 atom stereocenters. The molecule has 0 aliphatic rings. The summed E-state index contributed by atoms with van der Waals surface area (Å²) in [6.07, 6.45) is 1.58. The second-order valence-corrected chi connectivity index (χ2v) is 6.08. The number of rotatable bonds is 3. The quantitative estimate of drug-likeness (QED) is 0.678. The second-order valence-electron chi connectivity index (χ2n) is 6.08. The van der Waals surface area contributed by atoms with Crippen LogP contribution in [0.2, 0.25) is 0 Å². The first kappa shape index (κ1) is 15.9. The summed E-state index contributed by atoms with van der Waals surface area (Å²) in [4.78, 5) is 11.8. The lowest BCUT2D eigenvalue weighted by Gasteiger charge is -2.18. The van der Waals surface area contributed by atoms with Gasteiger partial charge in [-0.15, -0.1) is 0 Å². The summed E-state index contributed by atoms with van der Waals surface area (Å²) in [7, 11) is 0. The standard InChI is InChI=1S/C18H19FN2O/c1-18(2,3)15-8-4-13(5-9-15)12-20-21-17(22)14-6-10-16(19)11-7-14/h4-12H,1-3H3,(H,21,22). The van der Waals surface area contributed by atoms with Gasteiger partial charge < -0.3 is 0 Å². The maximum absolute atomic E-state index is 12.8. The lowest BCUT2D eigenvalue weighted by Crippen LogP contribution is -2.17. The number of halogens is 1. The Balaban J connectivity index is 1.97. The van der Waals surface area contributed by atoms with Crippen LogP contribution >= 0.6 is 0 Å². The highest BCUT2D eigenvalue weighted by molar-refractivity contribution is 5.94. The van der Waals surface area contributed by atoms with E-state index < -0.39 is 0 Å². The van der Waals surface area contributed by atoms with E-state index in [1.807, 2.05) is 24.3 Å². The number of nitrogens with one attached hydrogen (secondary N) is 1. The van der Waals surface area contributed by atoms with Crippen LogP contribution in [0.1, 0.15) is 42.3 Å². The number of hydrogen-bond donors (Lipinski definition) is 1. The van der Waals surface area contributed by atoms with E-state index >= 15 is 0 Å². The lowest BCUT2D eigenvalue weighted by atomic mass is 9.87. The van der Waals surface area contributed by atoms with Crippen LogP contribution < -0.4 is 5.43 Å². The van der Waals surface area contributed by atoms with Crippen molar-refractivity contribution in [3.05, 3.63) is 71.0 Å². The number of carbonyl (C=O) groups excluding carboxylic acids is 1. The van der Waals surface area contributed by atoms with Gasteiger partial charge in [0.05, 0.1) is 6.21 Å². The predicted molar refractivity (Wildman–Crippen MR) is 86.6 cm³/mol. The molecule has 3 nitrogen and oxygen atoms in total. The third-order valence-electron chi connectivity index (χ3n) is 3.26. The first-order valence-electron chi connectivity index (χ1n) is 7.06. The number of nitrogens with zero attached hydrogens (tertiary/aromatic N) is 1. The van der Waals surface area contributed by atoms with Crippen molar-refractivity contribution in [3.8, 4) is 0 Å². The Bertz CT molecular complexity index is 668. The number of carbonyl (C=O) groups is 1. The van der Waals surface area contributed by atoms with Crippen molar-refractivity contribution in [2.75, 3.05) is 0 Å². The van der Waals surface area contributed by atoms with Gasteiger partial charge in [-0.05, 0) is 40.8 Å². The number of hydrazone groups is 1. The third-order valence-corrected chi connectivity index (χ3v) is 3.26. The van der Waals surface area contributed by atoms with E-state index in [1.54, 1.807) is 6.21 Å². The van der Waals surface area contributed by atoms with E-state index in [0.717, 1.165) is 5.56 Å². The minimum absolute atomic E-state index is 0.104. The molecule has 0 saturated carbocycles. The van der Waals surface area contributed by atoms with Crippen LogP contribution in [0.15, 0.2) is 53.6 Å². The lowest BCUT2D eigenvalue weighted by molar-refractivity contribution is 0.0955. The van der Waals surface area contributed by atoms with Crippen LogP contribution in [0.3, 0.4) is 0 Å². The molecule has 0 heterocycles. The van der Waals surface area contributed by atoms with Gasteiger partial charge in [-0.1, -0.05) is 45.0 Å². The van der Waals surface area contributed by atoms with E-state index in [2.05, 4.69) is 31.3 Å². The molecule has 22 heavy (non-hydrogen) atoms. The molecule has 1 amide bonds. The molecular formula is C18H19FN2O. The smallest absolute Gasteiger partial charge is 0.267 e. The van der Waals surface area contributed by atoms with Crippen molar-refractivity contribution in [3.63, 3.8) is 0 Å². The Labute approximate surface area is 129 Å². The van der Waals surface area contributed by atoms with Crippen molar-refractivity contribution in [1.82, 2.24) is 5.43 Å². The molecule has 2 rings (SSSR count). The van der Waals surface area contributed by atoms with Crippen LogP contribution in [-0.4, -0.2) is 12.1 Å².